The van der Waals surface area contributed by atoms with E-state index >= 15 is 0 Å². The summed E-state index contributed by atoms with van der Waals surface area (Å²) in [7, 11) is 0. The lowest BCUT2D eigenvalue weighted by molar-refractivity contribution is 0.301. The second-order valence-corrected chi connectivity index (χ2v) is 4.67. The molecule has 4 heteroatoms. The lowest BCUT2D eigenvalue weighted by Crippen LogP contribution is -2.21. The zero-order valence-corrected chi connectivity index (χ0v) is 12.3. The van der Waals surface area contributed by atoms with Gasteiger partial charge in [0.05, 0.1) is 13.2 Å². The maximum absolute atomic E-state index is 12.1. The average molecular weight is 287 g/mol. The average Bonchev–Trinajstić information content (AvgIpc) is 2.51. The third-order valence-electron chi connectivity index (χ3n) is 3.09. The van der Waals surface area contributed by atoms with E-state index in [1.165, 1.54) is 0 Å². The number of ether oxygens (including phenoxy) is 2. The van der Waals surface area contributed by atoms with Crippen LogP contribution in [-0.2, 0) is 6.54 Å². The Morgan fingerprint density at radius 1 is 1.00 bits per heavy atom. The van der Waals surface area contributed by atoms with Crippen LogP contribution in [0.1, 0.15) is 19.8 Å². The van der Waals surface area contributed by atoms with Crippen LogP contribution in [-0.4, -0.2) is 17.8 Å². The molecule has 0 aliphatic rings. The summed E-state index contributed by atoms with van der Waals surface area (Å²) < 4.78 is 12.6. The van der Waals surface area contributed by atoms with Crippen LogP contribution in [0, 0.1) is 0 Å². The second kappa shape index (κ2) is 8.15. The van der Waals surface area contributed by atoms with Gasteiger partial charge in [-0.1, -0.05) is 18.2 Å². The van der Waals surface area contributed by atoms with Crippen molar-refractivity contribution in [3.05, 3.63) is 59.0 Å². The number of para-hydroxylation sites is 1. The Balaban J connectivity index is 1.76. The van der Waals surface area contributed by atoms with Gasteiger partial charge in [-0.3, -0.25) is 4.79 Å². The number of aromatic nitrogens is 1. The van der Waals surface area contributed by atoms with Gasteiger partial charge in [-0.2, -0.15) is 0 Å². The Hall–Kier alpha value is -2.23. The summed E-state index contributed by atoms with van der Waals surface area (Å²) in [5.74, 6) is 1.30. The van der Waals surface area contributed by atoms with Crippen LogP contribution in [0.3, 0.4) is 0 Å². The van der Waals surface area contributed by atoms with Crippen molar-refractivity contribution in [2.24, 2.45) is 0 Å². The number of nitrogens with zero attached hydrogens (tertiary/aromatic N) is 1. The van der Waals surface area contributed by atoms with Crippen LogP contribution in [0.2, 0.25) is 0 Å². The first-order chi connectivity index (χ1) is 10.3. The van der Waals surface area contributed by atoms with Gasteiger partial charge in [0.25, 0.3) is 5.56 Å². The van der Waals surface area contributed by atoms with Crippen molar-refractivity contribution in [2.45, 2.75) is 26.3 Å². The fraction of sp³-hybridized carbons (Fsp3) is 0.353. The summed E-state index contributed by atoms with van der Waals surface area (Å²) >= 11 is 0. The van der Waals surface area contributed by atoms with Gasteiger partial charge in [0.1, 0.15) is 5.75 Å². The lowest BCUT2D eigenvalue weighted by atomic mass is 10.3. The van der Waals surface area contributed by atoms with Gasteiger partial charge in [-0.15, -0.1) is 0 Å². The van der Waals surface area contributed by atoms with Crippen molar-refractivity contribution < 1.29 is 9.47 Å². The predicted octanol–water partition coefficient (Wildman–Crippen LogP) is 3.11. The van der Waals surface area contributed by atoms with Crippen LogP contribution < -0.4 is 15.0 Å². The summed E-state index contributed by atoms with van der Waals surface area (Å²) in [5.41, 5.74) is -0.0664. The number of benzene rings is 1. The highest BCUT2D eigenvalue weighted by Crippen LogP contribution is 2.09. The number of pyridine rings is 1. The van der Waals surface area contributed by atoms with Gasteiger partial charge in [0.15, 0.2) is 5.75 Å². The summed E-state index contributed by atoms with van der Waals surface area (Å²) in [5, 5.41) is 0. The SMILES string of the molecule is CCOc1cccn(CCCCOc2ccccc2)c1=O. The molecule has 0 saturated heterocycles. The van der Waals surface area contributed by atoms with Crippen molar-refractivity contribution >= 4 is 0 Å². The Morgan fingerprint density at radius 2 is 1.81 bits per heavy atom. The minimum atomic E-state index is -0.0664. The van der Waals surface area contributed by atoms with Crippen molar-refractivity contribution in [3.8, 4) is 11.5 Å². The van der Waals surface area contributed by atoms with Crippen molar-refractivity contribution in [1.82, 2.24) is 4.57 Å². The van der Waals surface area contributed by atoms with E-state index in [1.807, 2.05) is 43.3 Å². The van der Waals surface area contributed by atoms with E-state index in [9.17, 15) is 4.79 Å². The molecule has 21 heavy (non-hydrogen) atoms. The fourth-order valence-corrected chi connectivity index (χ4v) is 2.05. The van der Waals surface area contributed by atoms with Crippen LogP contribution in [0.4, 0.5) is 0 Å². The normalized spacial score (nSPS) is 10.3. The molecule has 0 amide bonds. The summed E-state index contributed by atoms with van der Waals surface area (Å²) in [6.07, 6.45) is 3.59. The molecule has 0 aliphatic heterocycles. The molecule has 0 radical (unpaired) electrons. The molecule has 0 aliphatic carbocycles. The number of aryl methyl sites for hydroxylation is 1. The zero-order valence-electron chi connectivity index (χ0n) is 12.3. The molecule has 0 saturated carbocycles. The van der Waals surface area contributed by atoms with Gasteiger partial charge < -0.3 is 14.0 Å². The van der Waals surface area contributed by atoms with E-state index in [2.05, 4.69) is 0 Å². The molecule has 1 aromatic heterocycles. The quantitative estimate of drug-likeness (QED) is 0.700. The first-order valence-electron chi connectivity index (χ1n) is 7.31. The monoisotopic (exact) mass is 287 g/mol. The van der Waals surface area contributed by atoms with Crippen molar-refractivity contribution in [1.29, 1.82) is 0 Å². The largest absolute Gasteiger partial charge is 0.494 e. The molecule has 0 spiro atoms. The molecule has 0 fully saturated rings. The molecule has 0 N–H and O–H groups in total. The minimum absolute atomic E-state index is 0.0664. The molecule has 1 heterocycles. The molecule has 2 aromatic rings. The number of hydrogen-bond donors (Lipinski definition) is 0. The zero-order chi connectivity index (χ0) is 14.9. The molecule has 2 rings (SSSR count). The van der Waals surface area contributed by atoms with E-state index < -0.39 is 0 Å². The van der Waals surface area contributed by atoms with E-state index in [0.717, 1.165) is 18.6 Å². The summed E-state index contributed by atoms with van der Waals surface area (Å²) in [6, 6.07) is 13.3. The number of unbranched alkanes of at least 4 members (excludes halogenated alkanes) is 1. The number of rotatable bonds is 8. The Kier molecular flexibility index (Phi) is 5.88. The van der Waals surface area contributed by atoms with E-state index in [0.29, 0.717) is 25.5 Å². The fourth-order valence-electron chi connectivity index (χ4n) is 2.05. The first-order valence-corrected chi connectivity index (χ1v) is 7.31. The highest BCUT2D eigenvalue weighted by molar-refractivity contribution is 5.20. The molecule has 4 nitrogen and oxygen atoms in total. The van der Waals surface area contributed by atoms with Gasteiger partial charge in [-0.25, -0.2) is 0 Å². The molecule has 0 bridgehead atoms. The molecule has 112 valence electrons. The van der Waals surface area contributed by atoms with E-state index in [4.69, 9.17) is 9.47 Å². The highest BCUT2D eigenvalue weighted by Gasteiger charge is 2.03. The van der Waals surface area contributed by atoms with Crippen LogP contribution in [0.25, 0.3) is 0 Å². The van der Waals surface area contributed by atoms with Gasteiger partial charge >= 0.3 is 0 Å². The van der Waals surface area contributed by atoms with Gasteiger partial charge in [0.2, 0.25) is 0 Å². The molecular weight excluding hydrogens is 266 g/mol. The van der Waals surface area contributed by atoms with Crippen LogP contribution in [0.5, 0.6) is 11.5 Å². The van der Waals surface area contributed by atoms with Crippen LogP contribution >= 0.6 is 0 Å². The predicted molar refractivity (Wildman–Crippen MR) is 83.0 cm³/mol. The molecule has 0 unspecified atom stereocenters. The lowest BCUT2D eigenvalue weighted by Gasteiger charge is -2.09. The van der Waals surface area contributed by atoms with Gasteiger partial charge in [-0.05, 0) is 44.0 Å². The Labute approximate surface area is 124 Å². The minimum Gasteiger partial charge on any atom is -0.494 e. The van der Waals surface area contributed by atoms with Crippen LogP contribution in [0.15, 0.2) is 53.5 Å². The molecule has 1 aromatic carbocycles. The third-order valence-corrected chi connectivity index (χ3v) is 3.09. The first kappa shape index (κ1) is 15.2. The Morgan fingerprint density at radius 3 is 2.57 bits per heavy atom. The standard InChI is InChI=1S/C17H21NO3/c1-2-20-16-11-8-13-18(17(16)19)12-6-7-14-21-15-9-4-3-5-10-15/h3-5,8-11,13H,2,6-7,12,14H2,1H3. The maximum Gasteiger partial charge on any atom is 0.292 e. The molecule has 0 atom stereocenters. The van der Waals surface area contributed by atoms with Crippen molar-refractivity contribution in [2.75, 3.05) is 13.2 Å². The second-order valence-electron chi connectivity index (χ2n) is 4.67. The number of hydrogen-bond acceptors (Lipinski definition) is 3. The summed E-state index contributed by atoms with van der Waals surface area (Å²) in [6.45, 7) is 3.71. The molecular formula is C17H21NO3. The highest BCUT2D eigenvalue weighted by atomic mass is 16.5. The summed E-state index contributed by atoms with van der Waals surface area (Å²) in [4.78, 5) is 12.1. The smallest absolute Gasteiger partial charge is 0.292 e. The maximum atomic E-state index is 12.1. The van der Waals surface area contributed by atoms with Gasteiger partial charge in [0, 0.05) is 12.7 Å². The topological polar surface area (TPSA) is 40.5 Å². The Bertz CT molecular complexity index is 592. The third kappa shape index (κ3) is 4.67. The van der Waals surface area contributed by atoms with Crippen molar-refractivity contribution in [3.63, 3.8) is 0 Å². The van der Waals surface area contributed by atoms with E-state index in [1.54, 1.807) is 16.8 Å². The van der Waals surface area contributed by atoms with E-state index in [-0.39, 0.29) is 5.56 Å².